The van der Waals surface area contributed by atoms with Gasteiger partial charge in [-0.1, -0.05) is 36.4 Å². The normalized spacial score (nSPS) is 16.5. The quantitative estimate of drug-likeness (QED) is 0.612. The summed E-state index contributed by atoms with van der Waals surface area (Å²) in [6, 6.07) is 9.48. The zero-order chi connectivity index (χ0) is 13.8. The van der Waals surface area contributed by atoms with Crippen LogP contribution in [-0.2, 0) is 14.3 Å². The molecule has 1 aliphatic carbocycles. The van der Waals surface area contributed by atoms with Crippen molar-refractivity contribution in [2.24, 2.45) is 0 Å². The van der Waals surface area contributed by atoms with Crippen molar-refractivity contribution in [2.45, 2.75) is 5.92 Å². The monoisotopic (exact) mass is 254 g/mol. The molecule has 2 rings (SSSR count). The minimum atomic E-state index is -0.292. The molecule has 0 radical (unpaired) electrons. The maximum absolute atomic E-state index is 12.1. The highest BCUT2D eigenvalue weighted by Crippen LogP contribution is 2.29. The van der Waals surface area contributed by atoms with Crippen LogP contribution in [0.5, 0.6) is 0 Å². The topological polar surface area (TPSA) is 43.4 Å². The molecule has 0 amide bonds. The van der Waals surface area contributed by atoms with E-state index >= 15 is 0 Å². The Labute approximate surface area is 111 Å². The molecule has 0 N–H and O–H groups in total. The Bertz CT molecular complexity index is 579. The first-order chi connectivity index (χ1) is 9.17. The minimum absolute atomic E-state index is 0.0737. The van der Waals surface area contributed by atoms with Crippen molar-refractivity contribution in [3.8, 4) is 0 Å². The summed E-state index contributed by atoms with van der Waals surface area (Å²) in [6.45, 7) is 3.75. The molecule has 19 heavy (non-hydrogen) atoms. The van der Waals surface area contributed by atoms with Gasteiger partial charge in [0.05, 0.1) is 7.11 Å². The zero-order valence-corrected chi connectivity index (χ0v) is 10.6. The summed E-state index contributed by atoms with van der Waals surface area (Å²) in [5.41, 5.74) is 1.35. The van der Waals surface area contributed by atoms with E-state index in [4.69, 9.17) is 4.74 Å². The summed E-state index contributed by atoms with van der Waals surface area (Å²) in [6.07, 6.45) is 4.23. The molecule has 1 aliphatic rings. The predicted octanol–water partition coefficient (Wildman–Crippen LogP) is 2.56. The Morgan fingerprint density at radius 1 is 1.11 bits per heavy atom. The van der Waals surface area contributed by atoms with Gasteiger partial charge in [-0.2, -0.15) is 0 Å². The third-order valence-corrected chi connectivity index (χ3v) is 3.03. The molecule has 3 nitrogen and oxygen atoms in total. The fourth-order valence-corrected chi connectivity index (χ4v) is 2.06. The molecule has 3 heteroatoms. The standard InChI is InChI=1S/C16H14O3/c1-3-12(11-7-5-4-6-8-11)13-9-15(18)16(19-2)10-14(13)17/h3-10,12H,1H2,2H3/t12-/m1/s1. The fraction of sp³-hybridized carbons (Fsp3) is 0.125. The van der Waals surface area contributed by atoms with Crippen molar-refractivity contribution in [3.05, 3.63) is 72.0 Å². The zero-order valence-electron chi connectivity index (χ0n) is 10.6. The van der Waals surface area contributed by atoms with Crippen molar-refractivity contribution < 1.29 is 14.3 Å². The number of allylic oxidation sites excluding steroid dienone is 4. The second kappa shape index (κ2) is 5.48. The van der Waals surface area contributed by atoms with Gasteiger partial charge in [0.25, 0.3) is 0 Å². The van der Waals surface area contributed by atoms with E-state index in [1.54, 1.807) is 6.08 Å². The van der Waals surface area contributed by atoms with Gasteiger partial charge in [-0.3, -0.25) is 9.59 Å². The second-order valence-corrected chi connectivity index (χ2v) is 4.16. The summed E-state index contributed by atoms with van der Waals surface area (Å²) in [5.74, 6) is -0.720. The van der Waals surface area contributed by atoms with Gasteiger partial charge in [0, 0.05) is 17.6 Å². The van der Waals surface area contributed by atoms with Crippen molar-refractivity contribution in [1.82, 2.24) is 0 Å². The lowest BCUT2D eigenvalue weighted by molar-refractivity contribution is -0.117. The summed E-state index contributed by atoms with van der Waals surface area (Å²) in [7, 11) is 1.37. The summed E-state index contributed by atoms with van der Waals surface area (Å²) in [5, 5.41) is 0. The van der Waals surface area contributed by atoms with Gasteiger partial charge in [0.1, 0.15) is 0 Å². The minimum Gasteiger partial charge on any atom is -0.493 e. The van der Waals surface area contributed by atoms with Gasteiger partial charge in [0.2, 0.25) is 5.78 Å². The number of rotatable bonds is 4. The Hall–Kier alpha value is -2.42. The van der Waals surface area contributed by atoms with E-state index < -0.39 is 0 Å². The molecule has 0 heterocycles. The van der Waals surface area contributed by atoms with Crippen LogP contribution in [0.1, 0.15) is 11.5 Å². The highest BCUT2D eigenvalue weighted by Gasteiger charge is 2.26. The number of hydrogen-bond acceptors (Lipinski definition) is 3. The van der Waals surface area contributed by atoms with E-state index in [2.05, 4.69) is 6.58 Å². The van der Waals surface area contributed by atoms with Gasteiger partial charge in [-0.15, -0.1) is 6.58 Å². The Morgan fingerprint density at radius 3 is 2.37 bits per heavy atom. The number of methoxy groups -OCH3 is 1. The predicted molar refractivity (Wildman–Crippen MR) is 72.6 cm³/mol. The molecule has 0 bridgehead atoms. The molecule has 0 unspecified atom stereocenters. The van der Waals surface area contributed by atoms with E-state index in [1.807, 2.05) is 30.3 Å². The van der Waals surface area contributed by atoms with Gasteiger partial charge in [-0.25, -0.2) is 0 Å². The maximum atomic E-state index is 12.1. The first kappa shape index (κ1) is 13.0. The first-order valence-electron chi connectivity index (χ1n) is 5.90. The van der Waals surface area contributed by atoms with Crippen LogP contribution in [0.2, 0.25) is 0 Å². The molecule has 1 aromatic rings. The highest BCUT2D eigenvalue weighted by atomic mass is 16.5. The Morgan fingerprint density at radius 2 is 1.79 bits per heavy atom. The van der Waals surface area contributed by atoms with Crippen LogP contribution in [0, 0.1) is 0 Å². The molecule has 0 aliphatic heterocycles. The summed E-state index contributed by atoms with van der Waals surface area (Å²) in [4.78, 5) is 23.8. The van der Waals surface area contributed by atoms with Gasteiger partial charge in [0.15, 0.2) is 11.5 Å². The van der Waals surface area contributed by atoms with E-state index in [1.165, 1.54) is 19.3 Å². The number of benzene rings is 1. The Balaban J connectivity index is 2.39. The van der Waals surface area contributed by atoms with E-state index in [-0.39, 0.29) is 23.2 Å². The molecular formula is C16H14O3. The third kappa shape index (κ3) is 2.55. The molecule has 96 valence electrons. The van der Waals surface area contributed by atoms with E-state index in [0.717, 1.165) is 5.56 Å². The van der Waals surface area contributed by atoms with Crippen LogP contribution in [-0.4, -0.2) is 18.7 Å². The first-order valence-corrected chi connectivity index (χ1v) is 5.90. The van der Waals surface area contributed by atoms with Crippen molar-refractivity contribution in [2.75, 3.05) is 7.11 Å². The molecular weight excluding hydrogens is 240 g/mol. The van der Waals surface area contributed by atoms with Crippen molar-refractivity contribution in [3.63, 3.8) is 0 Å². The lowest BCUT2D eigenvalue weighted by Gasteiger charge is -2.18. The number of hydrogen-bond donors (Lipinski definition) is 0. The van der Waals surface area contributed by atoms with Gasteiger partial charge < -0.3 is 4.74 Å². The highest BCUT2D eigenvalue weighted by molar-refractivity contribution is 6.19. The van der Waals surface area contributed by atoms with Crippen LogP contribution >= 0.6 is 0 Å². The maximum Gasteiger partial charge on any atom is 0.220 e. The third-order valence-electron chi connectivity index (χ3n) is 3.03. The molecule has 0 spiro atoms. The lowest BCUT2D eigenvalue weighted by atomic mass is 9.85. The number of ketones is 2. The fourth-order valence-electron chi connectivity index (χ4n) is 2.06. The smallest absolute Gasteiger partial charge is 0.220 e. The van der Waals surface area contributed by atoms with Gasteiger partial charge >= 0.3 is 0 Å². The molecule has 0 saturated carbocycles. The summed E-state index contributed by atoms with van der Waals surface area (Å²) < 4.78 is 4.86. The molecule has 1 aromatic carbocycles. The van der Waals surface area contributed by atoms with Crippen LogP contribution in [0.15, 0.2) is 66.5 Å². The Kier molecular flexibility index (Phi) is 3.76. The molecule has 0 aromatic heterocycles. The molecule has 1 atom stereocenters. The van der Waals surface area contributed by atoms with Crippen LogP contribution in [0.3, 0.4) is 0 Å². The second-order valence-electron chi connectivity index (χ2n) is 4.16. The van der Waals surface area contributed by atoms with E-state index in [0.29, 0.717) is 5.57 Å². The number of ether oxygens (including phenoxy) is 1. The van der Waals surface area contributed by atoms with Gasteiger partial charge in [-0.05, 0) is 11.6 Å². The SMILES string of the molecule is C=C[C@@H](C1=CC(=O)C(OC)=CC1=O)c1ccccc1. The number of carbonyl (C=O) groups excluding carboxylic acids is 2. The lowest BCUT2D eigenvalue weighted by Crippen LogP contribution is -2.18. The molecule has 0 saturated heterocycles. The van der Waals surface area contributed by atoms with Crippen LogP contribution < -0.4 is 0 Å². The summed E-state index contributed by atoms with van der Waals surface area (Å²) >= 11 is 0. The molecule has 0 fully saturated rings. The average Bonchev–Trinajstić information content (AvgIpc) is 2.44. The number of carbonyl (C=O) groups is 2. The van der Waals surface area contributed by atoms with Crippen molar-refractivity contribution >= 4 is 11.6 Å². The van der Waals surface area contributed by atoms with Crippen LogP contribution in [0.4, 0.5) is 0 Å². The van der Waals surface area contributed by atoms with E-state index in [9.17, 15) is 9.59 Å². The average molecular weight is 254 g/mol. The van der Waals surface area contributed by atoms with Crippen molar-refractivity contribution in [1.29, 1.82) is 0 Å². The largest absolute Gasteiger partial charge is 0.493 e. The van der Waals surface area contributed by atoms with Crippen LogP contribution in [0.25, 0.3) is 0 Å².